The maximum atomic E-state index is 12.2. The summed E-state index contributed by atoms with van der Waals surface area (Å²) in [6.07, 6.45) is 0.684. The number of nitrogens with zero attached hydrogens (tertiary/aromatic N) is 1. The Balaban J connectivity index is 1.55. The lowest BCUT2D eigenvalue weighted by Crippen LogP contribution is -2.45. The number of halogens is 1. The van der Waals surface area contributed by atoms with Crippen LogP contribution in [0, 0.1) is 0 Å². The highest BCUT2D eigenvalue weighted by atomic mass is 79.9. The predicted octanol–water partition coefficient (Wildman–Crippen LogP) is 4.07. The molecule has 1 heterocycles. The second-order valence-corrected chi connectivity index (χ2v) is 6.98. The minimum absolute atomic E-state index is 0.270. The van der Waals surface area contributed by atoms with Crippen molar-refractivity contribution in [2.75, 3.05) is 13.1 Å². The number of amides is 1. The Morgan fingerprint density at radius 1 is 1.12 bits per heavy atom. The van der Waals surface area contributed by atoms with Gasteiger partial charge in [0.1, 0.15) is 6.61 Å². The molecule has 0 aliphatic carbocycles. The summed E-state index contributed by atoms with van der Waals surface area (Å²) >= 11 is 3.44. The molecular formula is C19H20BrNO3. The Hall–Kier alpha value is -1.85. The molecule has 2 aromatic rings. The van der Waals surface area contributed by atoms with Crippen molar-refractivity contribution in [2.24, 2.45) is 0 Å². The van der Waals surface area contributed by atoms with Crippen molar-refractivity contribution in [3.05, 3.63) is 70.2 Å². The van der Waals surface area contributed by atoms with Crippen LogP contribution >= 0.6 is 15.9 Å². The van der Waals surface area contributed by atoms with Gasteiger partial charge in [-0.2, -0.15) is 0 Å². The molecule has 0 spiro atoms. The van der Waals surface area contributed by atoms with Crippen molar-refractivity contribution in [3.63, 3.8) is 0 Å². The van der Waals surface area contributed by atoms with Crippen LogP contribution in [0.2, 0.25) is 0 Å². The van der Waals surface area contributed by atoms with Crippen LogP contribution in [0.4, 0.5) is 4.79 Å². The van der Waals surface area contributed by atoms with Gasteiger partial charge in [0.05, 0.1) is 5.60 Å². The number of rotatable bonds is 3. The zero-order chi connectivity index (χ0) is 17.0. The lowest BCUT2D eigenvalue weighted by atomic mass is 9.84. The molecule has 24 heavy (non-hydrogen) atoms. The standard InChI is InChI=1S/C19H20BrNO3/c20-17-8-4-7-16(13-17)19(23)9-11-21(12-10-19)18(22)24-14-15-5-2-1-3-6-15/h1-8,13,23H,9-12,14H2. The molecule has 4 nitrogen and oxygen atoms in total. The highest BCUT2D eigenvalue weighted by Crippen LogP contribution is 2.34. The molecule has 0 saturated carbocycles. The van der Waals surface area contributed by atoms with E-state index in [1.807, 2.05) is 54.6 Å². The molecule has 1 saturated heterocycles. The molecule has 1 N–H and O–H groups in total. The van der Waals surface area contributed by atoms with E-state index in [2.05, 4.69) is 15.9 Å². The van der Waals surface area contributed by atoms with Crippen LogP contribution in [0.5, 0.6) is 0 Å². The van der Waals surface area contributed by atoms with Crippen molar-refractivity contribution in [1.29, 1.82) is 0 Å². The zero-order valence-electron chi connectivity index (χ0n) is 13.3. The zero-order valence-corrected chi connectivity index (χ0v) is 14.9. The lowest BCUT2D eigenvalue weighted by Gasteiger charge is -2.38. The minimum Gasteiger partial charge on any atom is -0.445 e. The van der Waals surface area contributed by atoms with Crippen LogP contribution in [0.15, 0.2) is 59.1 Å². The third-order valence-electron chi connectivity index (χ3n) is 4.42. The Kier molecular flexibility index (Phi) is 5.21. The molecule has 1 fully saturated rings. The summed E-state index contributed by atoms with van der Waals surface area (Å²) in [5, 5.41) is 10.9. The first kappa shape index (κ1) is 17.0. The Bertz CT molecular complexity index is 697. The SMILES string of the molecule is O=C(OCc1ccccc1)N1CCC(O)(c2cccc(Br)c2)CC1. The predicted molar refractivity (Wildman–Crippen MR) is 95.5 cm³/mol. The van der Waals surface area contributed by atoms with Crippen LogP contribution in [0.25, 0.3) is 0 Å². The molecule has 2 aromatic carbocycles. The van der Waals surface area contributed by atoms with Crippen LogP contribution in [0.3, 0.4) is 0 Å². The minimum atomic E-state index is -0.889. The van der Waals surface area contributed by atoms with E-state index < -0.39 is 5.60 Å². The fourth-order valence-corrected chi connectivity index (χ4v) is 3.34. The largest absolute Gasteiger partial charge is 0.445 e. The first-order valence-corrected chi connectivity index (χ1v) is 8.80. The van der Waals surface area contributed by atoms with Gasteiger partial charge in [-0.1, -0.05) is 58.4 Å². The summed E-state index contributed by atoms with van der Waals surface area (Å²) in [6, 6.07) is 17.3. The summed E-state index contributed by atoms with van der Waals surface area (Å²) in [5.41, 5.74) is 0.961. The molecule has 0 unspecified atom stereocenters. The van der Waals surface area contributed by atoms with E-state index in [9.17, 15) is 9.90 Å². The van der Waals surface area contributed by atoms with E-state index in [-0.39, 0.29) is 12.7 Å². The van der Waals surface area contributed by atoms with Crippen molar-refractivity contribution < 1.29 is 14.6 Å². The second kappa shape index (κ2) is 7.36. The number of hydrogen-bond acceptors (Lipinski definition) is 3. The van der Waals surface area contributed by atoms with Crippen LogP contribution in [-0.2, 0) is 16.9 Å². The molecule has 1 amide bonds. The van der Waals surface area contributed by atoms with Gasteiger partial charge in [-0.25, -0.2) is 4.79 Å². The number of hydrogen-bond donors (Lipinski definition) is 1. The Morgan fingerprint density at radius 3 is 2.50 bits per heavy atom. The van der Waals surface area contributed by atoms with E-state index >= 15 is 0 Å². The number of carbonyl (C=O) groups excluding carboxylic acids is 1. The number of aliphatic hydroxyl groups is 1. The molecule has 1 aliphatic rings. The van der Waals surface area contributed by atoms with Crippen LogP contribution in [-0.4, -0.2) is 29.2 Å². The average molecular weight is 390 g/mol. The van der Waals surface area contributed by atoms with Gasteiger partial charge in [0, 0.05) is 17.6 Å². The van der Waals surface area contributed by atoms with Gasteiger partial charge in [0.2, 0.25) is 0 Å². The fourth-order valence-electron chi connectivity index (χ4n) is 2.94. The molecule has 1 aliphatic heterocycles. The third kappa shape index (κ3) is 3.97. The van der Waals surface area contributed by atoms with Crippen molar-refractivity contribution in [1.82, 2.24) is 4.90 Å². The summed E-state index contributed by atoms with van der Waals surface area (Å²) in [5.74, 6) is 0. The number of carbonyl (C=O) groups is 1. The molecule has 0 atom stereocenters. The fraction of sp³-hybridized carbons (Fsp3) is 0.316. The van der Waals surface area contributed by atoms with Crippen LogP contribution < -0.4 is 0 Å². The Labute approximate surface area is 150 Å². The Morgan fingerprint density at radius 2 is 1.83 bits per heavy atom. The molecular weight excluding hydrogens is 370 g/mol. The van der Waals surface area contributed by atoms with E-state index in [1.165, 1.54) is 0 Å². The number of piperidine rings is 1. The van der Waals surface area contributed by atoms with E-state index in [4.69, 9.17) is 4.74 Å². The normalized spacial score (nSPS) is 16.7. The van der Waals surface area contributed by atoms with Crippen molar-refractivity contribution in [3.8, 4) is 0 Å². The smallest absolute Gasteiger partial charge is 0.410 e. The summed E-state index contributed by atoms with van der Waals surface area (Å²) in [6.45, 7) is 1.24. The van der Waals surface area contributed by atoms with E-state index in [0.29, 0.717) is 25.9 Å². The van der Waals surface area contributed by atoms with E-state index in [0.717, 1.165) is 15.6 Å². The van der Waals surface area contributed by atoms with Gasteiger partial charge in [-0.15, -0.1) is 0 Å². The molecule has 3 rings (SSSR count). The first-order valence-electron chi connectivity index (χ1n) is 8.01. The van der Waals surface area contributed by atoms with Crippen molar-refractivity contribution >= 4 is 22.0 Å². The topological polar surface area (TPSA) is 49.8 Å². The number of likely N-dealkylation sites (tertiary alicyclic amines) is 1. The van der Waals surface area contributed by atoms with Gasteiger partial charge in [0.25, 0.3) is 0 Å². The molecule has 0 aromatic heterocycles. The van der Waals surface area contributed by atoms with Crippen molar-refractivity contribution in [2.45, 2.75) is 25.0 Å². The van der Waals surface area contributed by atoms with Crippen LogP contribution in [0.1, 0.15) is 24.0 Å². The van der Waals surface area contributed by atoms with Gasteiger partial charge >= 0.3 is 6.09 Å². The summed E-state index contributed by atoms with van der Waals surface area (Å²) < 4.78 is 6.30. The average Bonchev–Trinajstić information content (AvgIpc) is 2.61. The van der Waals surface area contributed by atoms with Gasteiger partial charge in [-0.3, -0.25) is 0 Å². The molecule has 0 bridgehead atoms. The maximum Gasteiger partial charge on any atom is 0.410 e. The summed E-state index contributed by atoms with van der Waals surface area (Å²) in [4.78, 5) is 13.8. The quantitative estimate of drug-likeness (QED) is 0.860. The van der Waals surface area contributed by atoms with Gasteiger partial charge in [0.15, 0.2) is 0 Å². The second-order valence-electron chi connectivity index (χ2n) is 6.07. The highest BCUT2D eigenvalue weighted by molar-refractivity contribution is 9.10. The highest BCUT2D eigenvalue weighted by Gasteiger charge is 2.35. The monoisotopic (exact) mass is 389 g/mol. The molecule has 5 heteroatoms. The lowest BCUT2D eigenvalue weighted by molar-refractivity contribution is -0.0255. The maximum absolute atomic E-state index is 12.2. The van der Waals surface area contributed by atoms with E-state index in [1.54, 1.807) is 4.90 Å². The molecule has 0 radical (unpaired) electrons. The summed E-state index contributed by atoms with van der Waals surface area (Å²) in [7, 11) is 0. The number of ether oxygens (including phenoxy) is 1. The van der Waals surface area contributed by atoms with Gasteiger partial charge in [-0.05, 0) is 36.1 Å². The van der Waals surface area contributed by atoms with Gasteiger partial charge < -0.3 is 14.7 Å². The third-order valence-corrected chi connectivity index (χ3v) is 4.91. The first-order chi connectivity index (χ1) is 11.6. The number of benzene rings is 2. The molecule has 126 valence electrons.